The molecule has 2 fully saturated rings. The number of carbonyl (C=O) groups excluding carboxylic acids is 5. The van der Waals surface area contributed by atoms with Gasteiger partial charge in [-0.3, -0.25) is 9.59 Å². The first-order valence-electron chi connectivity index (χ1n) is 18.3. The third-order valence-electron chi connectivity index (χ3n) is 10.5. The van der Waals surface area contributed by atoms with Crippen LogP contribution in [0.4, 0.5) is 14.4 Å². The predicted octanol–water partition coefficient (Wildman–Crippen LogP) is 1.76. The summed E-state index contributed by atoms with van der Waals surface area (Å²) in [5.41, 5.74) is -1.55. The van der Waals surface area contributed by atoms with E-state index in [0.29, 0.717) is 44.4 Å². The molecule has 4 amide bonds. The Kier molecular flexibility index (Phi) is 11.1. The minimum Gasteiger partial charge on any atom is -0.477 e. The number of ketones is 1. The van der Waals surface area contributed by atoms with E-state index in [1.165, 1.54) is 16.8 Å². The number of likely N-dealkylation sites (N-methyl/N-ethyl adjacent to an activating group) is 2. The maximum Gasteiger partial charge on any atom is 0.415 e. The third kappa shape index (κ3) is 7.94. The molecule has 2 heterocycles. The van der Waals surface area contributed by atoms with Gasteiger partial charge in [-0.25, -0.2) is 14.4 Å². The van der Waals surface area contributed by atoms with Crippen LogP contribution in [0.1, 0.15) is 91.2 Å². The number of Topliss-reactive ketones (excluding diaryl/α,β-unsaturated/α-hetero) is 1. The zero-order chi connectivity index (χ0) is 38.2. The van der Waals surface area contributed by atoms with E-state index in [-0.39, 0.29) is 43.5 Å². The second kappa shape index (κ2) is 14.7. The summed E-state index contributed by atoms with van der Waals surface area (Å²) in [5, 5.41) is 20.3. The lowest BCUT2D eigenvalue weighted by atomic mass is 9.49. The molecule has 1 aromatic carbocycles. The third-order valence-corrected chi connectivity index (χ3v) is 10.5. The van der Waals surface area contributed by atoms with Crippen molar-refractivity contribution in [3.05, 3.63) is 23.3 Å². The number of ether oxygens (including phenoxy) is 4. The average Bonchev–Trinajstić information content (AvgIpc) is 3.39. The van der Waals surface area contributed by atoms with Crippen molar-refractivity contribution in [1.29, 1.82) is 0 Å². The first-order chi connectivity index (χ1) is 24.3. The van der Waals surface area contributed by atoms with E-state index in [0.717, 1.165) is 17.7 Å². The van der Waals surface area contributed by atoms with Gasteiger partial charge in [0.05, 0.1) is 19.0 Å². The fourth-order valence-corrected chi connectivity index (χ4v) is 8.19. The zero-order valence-corrected chi connectivity index (χ0v) is 31.7. The summed E-state index contributed by atoms with van der Waals surface area (Å²) in [6, 6.07) is 2.61. The molecule has 2 aliphatic carbocycles. The number of alkyl carbamates (subject to hydrolysis) is 2. The Balaban J connectivity index is 1.17. The van der Waals surface area contributed by atoms with Crippen LogP contribution in [0.2, 0.25) is 0 Å². The molecule has 5 N–H and O–H groups in total. The molecule has 6 unspecified atom stereocenters. The van der Waals surface area contributed by atoms with Crippen molar-refractivity contribution in [3.63, 3.8) is 0 Å². The molecule has 15 nitrogen and oxygen atoms in total. The zero-order valence-electron chi connectivity index (χ0n) is 31.7. The molecule has 5 rings (SSSR count). The number of amides is 4. The summed E-state index contributed by atoms with van der Waals surface area (Å²) in [6.07, 6.45) is 0.372. The average molecular weight is 731 g/mol. The topological polar surface area (TPSA) is 186 Å². The van der Waals surface area contributed by atoms with Gasteiger partial charge in [-0.05, 0) is 78.9 Å². The lowest BCUT2D eigenvalue weighted by Crippen LogP contribution is -3.19. The fourth-order valence-electron chi connectivity index (χ4n) is 8.19. The number of quaternary nitrogens is 1. The second-order valence-electron chi connectivity index (χ2n) is 16.6. The van der Waals surface area contributed by atoms with E-state index in [4.69, 9.17) is 18.9 Å². The number of likely N-dealkylation sites (tertiary alicyclic amines) is 1. The molecule has 2 aliphatic heterocycles. The SMILES string of the molecule is CN(CCNC(=O)C(CCCCNC(=O)OC(C)(C)C)NC(=O)OC(C)(C)C)C(=O)Oc1ccc2c3c1OC1C(=O)CCC4(O)C(C2)[NH+](C)CCC314. The van der Waals surface area contributed by atoms with Crippen molar-refractivity contribution < 1.29 is 52.9 Å². The molecular weight excluding hydrogens is 674 g/mol. The summed E-state index contributed by atoms with van der Waals surface area (Å²) < 4.78 is 22.8. The number of nitrogens with zero attached hydrogens (tertiary/aromatic N) is 1. The standard InChI is InChI=1S/C37H55N5O10/c1-34(2,3)51-31(45)39-17-10-9-11-23(40-32(46)52-35(4,5)6)30(44)38-18-20-42(8)33(47)49-25-13-12-22-21-26-37(48)15-14-24(43)29-36(37,16-19-41(26)7)27(22)28(25)50-29/h12-13,23,26,29,48H,9-11,14-21H2,1-8H3,(H,38,44)(H,39,45)(H,40,46)/p+1. The molecule has 52 heavy (non-hydrogen) atoms. The van der Waals surface area contributed by atoms with Gasteiger partial charge in [0, 0.05) is 51.5 Å². The van der Waals surface area contributed by atoms with Crippen molar-refractivity contribution in [3.8, 4) is 11.5 Å². The highest BCUT2D eigenvalue weighted by Gasteiger charge is 2.74. The van der Waals surface area contributed by atoms with Crippen LogP contribution in [0.25, 0.3) is 0 Å². The van der Waals surface area contributed by atoms with Gasteiger partial charge in [0.1, 0.15) is 28.9 Å². The van der Waals surface area contributed by atoms with Crippen LogP contribution in [0.5, 0.6) is 11.5 Å². The number of hydrogen-bond donors (Lipinski definition) is 5. The number of rotatable bonds is 11. The van der Waals surface area contributed by atoms with Gasteiger partial charge in [-0.15, -0.1) is 0 Å². The number of piperidine rings is 1. The van der Waals surface area contributed by atoms with Crippen LogP contribution in [0, 0.1) is 0 Å². The summed E-state index contributed by atoms with van der Waals surface area (Å²) in [7, 11) is 3.62. The number of hydrogen-bond acceptors (Lipinski definition) is 10. The maximum absolute atomic E-state index is 13.3. The molecule has 15 heteroatoms. The highest BCUT2D eigenvalue weighted by atomic mass is 16.6. The minimum absolute atomic E-state index is 0.0471. The Labute approximate surface area is 305 Å². The molecular formula is C37H56N5O10+. The number of unbranched alkanes of at least 4 members (excludes halogenated alkanes) is 1. The van der Waals surface area contributed by atoms with Gasteiger partial charge in [0.2, 0.25) is 5.91 Å². The first kappa shape index (κ1) is 39.1. The molecule has 1 saturated carbocycles. The molecule has 6 atom stereocenters. The van der Waals surface area contributed by atoms with Gasteiger partial charge in [-0.2, -0.15) is 0 Å². The number of nitrogens with one attached hydrogen (secondary N) is 4. The Bertz CT molecular complexity index is 1570. The number of carbonyl (C=O) groups is 5. The normalized spacial score (nSPS) is 26.2. The van der Waals surface area contributed by atoms with Gasteiger partial charge >= 0.3 is 18.3 Å². The number of aliphatic hydroxyl groups is 1. The Morgan fingerprint density at radius 2 is 1.71 bits per heavy atom. The van der Waals surface area contributed by atoms with Crippen molar-refractivity contribution in [1.82, 2.24) is 20.9 Å². The van der Waals surface area contributed by atoms with Crippen LogP contribution in [0.15, 0.2) is 12.1 Å². The van der Waals surface area contributed by atoms with Gasteiger partial charge in [0.25, 0.3) is 0 Å². The monoisotopic (exact) mass is 730 g/mol. The minimum atomic E-state index is -1.10. The van der Waals surface area contributed by atoms with Crippen molar-refractivity contribution >= 4 is 30.0 Å². The Morgan fingerprint density at radius 1 is 1.02 bits per heavy atom. The van der Waals surface area contributed by atoms with E-state index >= 15 is 0 Å². The molecule has 1 spiro atoms. The lowest BCUT2D eigenvalue weighted by molar-refractivity contribution is -0.923. The van der Waals surface area contributed by atoms with Gasteiger partial charge in [-0.1, -0.05) is 6.07 Å². The molecule has 0 radical (unpaired) electrons. The van der Waals surface area contributed by atoms with E-state index in [1.807, 2.05) is 6.07 Å². The molecule has 1 aromatic rings. The molecule has 2 bridgehead atoms. The Hall–Kier alpha value is -4.11. The maximum atomic E-state index is 13.3. The Morgan fingerprint density at radius 3 is 2.40 bits per heavy atom. The predicted molar refractivity (Wildman–Crippen MR) is 188 cm³/mol. The van der Waals surface area contributed by atoms with Crippen molar-refractivity contribution in [2.45, 2.75) is 127 Å². The van der Waals surface area contributed by atoms with Crippen LogP contribution >= 0.6 is 0 Å². The summed E-state index contributed by atoms with van der Waals surface area (Å²) in [6.45, 7) is 11.8. The molecule has 0 aromatic heterocycles. The van der Waals surface area contributed by atoms with Crippen molar-refractivity contribution in [2.75, 3.05) is 40.3 Å². The fraction of sp³-hybridized carbons (Fsp3) is 0.703. The van der Waals surface area contributed by atoms with E-state index in [1.54, 1.807) is 47.6 Å². The summed E-state index contributed by atoms with van der Waals surface area (Å²) >= 11 is 0. The summed E-state index contributed by atoms with van der Waals surface area (Å²) in [4.78, 5) is 66.8. The smallest absolute Gasteiger partial charge is 0.415 e. The quantitative estimate of drug-likeness (QED) is 0.210. The summed E-state index contributed by atoms with van der Waals surface area (Å²) in [5.74, 6) is 0.0306. The van der Waals surface area contributed by atoms with E-state index < -0.39 is 58.6 Å². The molecule has 4 aliphatic rings. The van der Waals surface area contributed by atoms with Crippen LogP contribution in [-0.4, -0.2) is 115 Å². The highest BCUT2D eigenvalue weighted by molar-refractivity contribution is 5.90. The largest absolute Gasteiger partial charge is 0.477 e. The highest BCUT2D eigenvalue weighted by Crippen LogP contribution is 2.63. The molecule has 288 valence electrons. The second-order valence-corrected chi connectivity index (χ2v) is 16.6. The van der Waals surface area contributed by atoms with E-state index in [2.05, 4.69) is 23.0 Å². The van der Waals surface area contributed by atoms with Crippen LogP contribution < -0.4 is 30.3 Å². The molecule has 1 saturated heterocycles. The first-order valence-corrected chi connectivity index (χ1v) is 18.3. The lowest BCUT2D eigenvalue weighted by Gasteiger charge is -2.59. The van der Waals surface area contributed by atoms with Crippen molar-refractivity contribution in [2.24, 2.45) is 0 Å². The van der Waals surface area contributed by atoms with E-state index in [9.17, 15) is 29.1 Å². The van der Waals surface area contributed by atoms with Gasteiger partial charge < -0.3 is 49.8 Å². The van der Waals surface area contributed by atoms with Crippen LogP contribution in [-0.2, 0) is 30.9 Å². The number of benzene rings is 1. The van der Waals surface area contributed by atoms with Gasteiger partial charge in [0.15, 0.2) is 23.4 Å². The van der Waals surface area contributed by atoms with Crippen LogP contribution in [0.3, 0.4) is 0 Å².